The van der Waals surface area contributed by atoms with Gasteiger partial charge in [0.15, 0.2) is 5.82 Å². The van der Waals surface area contributed by atoms with Crippen LogP contribution in [0.2, 0.25) is 0 Å². The Morgan fingerprint density at radius 3 is 2.38 bits per heavy atom. The number of anilines is 3. The smallest absolute Gasteiger partial charge is 0.228 e. The topological polar surface area (TPSA) is 112 Å². The normalized spacial score (nSPS) is 11.0. The molecule has 8 nitrogen and oxygen atoms in total. The zero-order valence-corrected chi connectivity index (χ0v) is 18.8. The third-order valence-corrected chi connectivity index (χ3v) is 5.32. The van der Waals surface area contributed by atoms with E-state index in [2.05, 4.69) is 56.4 Å². The average Bonchev–Trinajstić information content (AvgIpc) is 2.85. The maximum Gasteiger partial charge on any atom is 0.228 e. The molecule has 0 bridgehead atoms. The van der Waals surface area contributed by atoms with E-state index in [4.69, 9.17) is 10.5 Å². The van der Waals surface area contributed by atoms with Gasteiger partial charge >= 0.3 is 0 Å². The number of nitrogens with one attached hydrogen (secondary N) is 1. The maximum absolute atomic E-state index is 6.05. The van der Waals surface area contributed by atoms with Crippen LogP contribution in [0.3, 0.4) is 0 Å². The van der Waals surface area contributed by atoms with Crippen LogP contribution in [0.15, 0.2) is 79.1 Å². The van der Waals surface area contributed by atoms with Crippen molar-refractivity contribution < 1.29 is 4.74 Å². The second-order valence-corrected chi connectivity index (χ2v) is 8.04. The number of fused-ring (bicyclic) bond motifs is 1. The summed E-state index contributed by atoms with van der Waals surface area (Å²) in [6.45, 7) is 4.24. The summed E-state index contributed by atoms with van der Waals surface area (Å²) in [4.78, 5) is 12.6. The minimum Gasteiger partial charge on any atom is -0.438 e. The molecule has 0 aliphatic heterocycles. The van der Waals surface area contributed by atoms with Crippen LogP contribution in [0.4, 0.5) is 17.5 Å². The van der Waals surface area contributed by atoms with E-state index in [0.29, 0.717) is 23.1 Å². The molecule has 0 unspecified atom stereocenters. The van der Waals surface area contributed by atoms with Crippen molar-refractivity contribution in [3.05, 3.63) is 84.8 Å². The second kappa shape index (κ2) is 9.11. The average molecular weight is 450 g/mol. The fourth-order valence-corrected chi connectivity index (χ4v) is 3.69. The van der Waals surface area contributed by atoms with Crippen LogP contribution in [0.25, 0.3) is 22.0 Å². The third kappa shape index (κ3) is 4.33. The SMILES string of the molecule is CC(C)c1nnc(Nc2ccc(Oc3ncccc3-c3ccnc(N)n3)cc2)c2ccccc12. The molecule has 2 aromatic carbocycles. The summed E-state index contributed by atoms with van der Waals surface area (Å²) in [6, 6.07) is 21.2. The third-order valence-electron chi connectivity index (χ3n) is 5.32. The molecule has 8 heteroatoms. The lowest BCUT2D eigenvalue weighted by Gasteiger charge is -2.13. The molecule has 168 valence electrons. The van der Waals surface area contributed by atoms with Crippen LogP contribution in [-0.4, -0.2) is 25.1 Å². The Morgan fingerprint density at radius 2 is 1.62 bits per heavy atom. The number of nitrogen functional groups attached to an aromatic ring is 1. The molecule has 0 amide bonds. The monoisotopic (exact) mass is 449 g/mol. The van der Waals surface area contributed by atoms with Gasteiger partial charge in [0.25, 0.3) is 0 Å². The molecule has 0 atom stereocenters. The fraction of sp³-hybridized carbons (Fsp3) is 0.115. The molecular formula is C26H23N7O. The van der Waals surface area contributed by atoms with Gasteiger partial charge in [-0.1, -0.05) is 38.1 Å². The molecule has 5 rings (SSSR count). The summed E-state index contributed by atoms with van der Waals surface area (Å²) < 4.78 is 6.05. The van der Waals surface area contributed by atoms with Crippen LogP contribution < -0.4 is 15.8 Å². The molecule has 0 fully saturated rings. The van der Waals surface area contributed by atoms with Crippen molar-refractivity contribution >= 4 is 28.2 Å². The standard InChI is InChI=1S/C26H23N7O/c1-16(2)23-19-6-3-4-7-20(19)24(33-32-23)30-17-9-11-18(12-10-17)34-25-21(8-5-14-28-25)22-13-15-29-26(27)31-22/h3-16H,1-2H3,(H,30,33)(H2,27,29,31). The molecule has 5 aromatic rings. The van der Waals surface area contributed by atoms with Crippen LogP contribution in [0, 0.1) is 0 Å². The van der Waals surface area contributed by atoms with E-state index in [1.54, 1.807) is 18.5 Å². The van der Waals surface area contributed by atoms with E-state index in [1.165, 1.54) is 0 Å². The number of nitrogens with two attached hydrogens (primary N) is 1. The van der Waals surface area contributed by atoms with Gasteiger partial charge in [-0.3, -0.25) is 0 Å². The number of nitrogens with zero attached hydrogens (tertiary/aromatic N) is 5. The molecule has 0 spiro atoms. The molecule has 3 heterocycles. The van der Waals surface area contributed by atoms with Gasteiger partial charge < -0.3 is 15.8 Å². The Labute approximate surface area is 196 Å². The van der Waals surface area contributed by atoms with E-state index in [9.17, 15) is 0 Å². The first-order valence-corrected chi connectivity index (χ1v) is 10.9. The summed E-state index contributed by atoms with van der Waals surface area (Å²) in [7, 11) is 0. The van der Waals surface area contributed by atoms with Crippen molar-refractivity contribution in [2.24, 2.45) is 0 Å². The molecule has 3 aromatic heterocycles. The molecule has 3 N–H and O–H groups in total. The number of benzene rings is 2. The lowest BCUT2D eigenvalue weighted by atomic mass is 10.0. The highest BCUT2D eigenvalue weighted by Crippen LogP contribution is 2.32. The highest BCUT2D eigenvalue weighted by atomic mass is 16.5. The van der Waals surface area contributed by atoms with Gasteiger partial charge in [-0.2, -0.15) is 5.10 Å². The number of hydrogen-bond acceptors (Lipinski definition) is 8. The summed E-state index contributed by atoms with van der Waals surface area (Å²) in [5.74, 6) is 2.26. The van der Waals surface area contributed by atoms with Gasteiger partial charge in [-0.25, -0.2) is 15.0 Å². The Morgan fingerprint density at radius 1 is 0.824 bits per heavy atom. The van der Waals surface area contributed by atoms with Crippen molar-refractivity contribution in [2.75, 3.05) is 11.1 Å². The largest absolute Gasteiger partial charge is 0.438 e. The van der Waals surface area contributed by atoms with Crippen molar-refractivity contribution in [3.8, 4) is 22.9 Å². The minimum absolute atomic E-state index is 0.194. The number of ether oxygens (including phenoxy) is 1. The van der Waals surface area contributed by atoms with E-state index < -0.39 is 0 Å². The van der Waals surface area contributed by atoms with Crippen molar-refractivity contribution in [1.82, 2.24) is 25.1 Å². The first-order valence-electron chi connectivity index (χ1n) is 10.9. The van der Waals surface area contributed by atoms with Crippen LogP contribution in [-0.2, 0) is 0 Å². The van der Waals surface area contributed by atoms with Crippen molar-refractivity contribution in [1.29, 1.82) is 0 Å². The number of hydrogen-bond donors (Lipinski definition) is 2. The zero-order chi connectivity index (χ0) is 23.5. The van der Waals surface area contributed by atoms with Crippen LogP contribution in [0.5, 0.6) is 11.6 Å². The lowest BCUT2D eigenvalue weighted by molar-refractivity contribution is 0.465. The van der Waals surface area contributed by atoms with E-state index in [-0.39, 0.29) is 11.9 Å². The predicted molar refractivity (Wildman–Crippen MR) is 133 cm³/mol. The number of rotatable bonds is 6. The van der Waals surface area contributed by atoms with Gasteiger partial charge in [0, 0.05) is 28.9 Å². The quantitative estimate of drug-likeness (QED) is 0.338. The Balaban J connectivity index is 1.39. The van der Waals surface area contributed by atoms with Crippen molar-refractivity contribution in [2.45, 2.75) is 19.8 Å². The zero-order valence-electron chi connectivity index (χ0n) is 18.8. The highest BCUT2D eigenvalue weighted by Gasteiger charge is 2.13. The first kappa shape index (κ1) is 21.3. The minimum atomic E-state index is 0.194. The summed E-state index contributed by atoms with van der Waals surface area (Å²) in [5.41, 5.74) is 8.96. The highest BCUT2D eigenvalue weighted by molar-refractivity contribution is 5.94. The van der Waals surface area contributed by atoms with E-state index >= 15 is 0 Å². The Hall–Kier alpha value is -4.59. The van der Waals surface area contributed by atoms with Crippen molar-refractivity contribution in [3.63, 3.8) is 0 Å². The van der Waals surface area contributed by atoms with Gasteiger partial charge in [-0.05, 0) is 48.4 Å². The first-order chi connectivity index (χ1) is 16.6. The Kier molecular flexibility index (Phi) is 5.70. The summed E-state index contributed by atoms with van der Waals surface area (Å²) in [5, 5.41) is 14.4. The number of pyridine rings is 1. The summed E-state index contributed by atoms with van der Waals surface area (Å²) >= 11 is 0. The van der Waals surface area contributed by atoms with E-state index in [1.807, 2.05) is 48.5 Å². The molecule has 0 aliphatic rings. The second-order valence-electron chi connectivity index (χ2n) is 8.04. The lowest BCUT2D eigenvalue weighted by Crippen LogP contribution is -2.02. The van der Waals surface area contributed by atoms with Crippen LogP contribution >= 0.6 is 0 Å². The molecular weight excluding hydrogens is 426 g/mol. The van der Waals surface area contributed by atoms with Gasteiger partial charge in [0.1, 0.15) is 5.75 Å². The molecule has 0 saturated heterocycles. The molecule has 0 radical (unpaired) electrons. The molecule has 0 aliphatic carbocycles. The molecule has 34 heavy (non-hydrogen) atoms. The van der Waals surface area contributed by atoms with Gasteiger partial charge in [0.05, 0.1) is 17.0 Å². The Bertz CT molecular complexity index is 1450. The summed E-state index contributed by atoms with van der Waals surface area (Å²) in [6.07, 6.45) is 3.28. The molecule has 0 saturated carbocycles. The fourth-order valence-electron chi connectivity index (χ4n) is 3.69. The van der Waals surface area contributed by atoms with Gasteiger partial charge in [-0.15, -0.1) is 5.10 Å². The van der Waals surface area contributed by atoms with Crippen LogP contribution in [0.1, 0.15) is 25.5 Å². The number of aromatic nitrogens is 5. The maximum atomic E-state index is 6.05. The van der Waals surface area contributed by atoms with E-state index in [0.717, 1.165) is 27.7 Å². The van der Waals surface area contributed by atoms with Gasteiger partial charge in [0.2, 0.25) is 11.8 Å². The predicted octanol–water partition coefficient (Wildman–Crippen LogP) is 5.72.